The van der Waals surface area contributed by atoms with Crippen molar-refractivity contribution in [3.8, 4) is 0 Å². The van der Waals surface area contributed by atoms with Gasteiger partial charge in [-0.15, -0.1) is 11.3 Å². The molecule has 0 unspecified atom stereocenters. The summed E-state index contributed by atoms with van der Waals surface area (Å²) in [6, 6.07) is 7.88. The van der Waals surface area contributed by atoms with Crippen LogP contribution < -0.4 is 0 Å². The van der Waals surface area contributed by atoms with E-state index in [0.29, 0.717) is 0 Å². The molecule has 0 amide bonds. The number of rotatable bonds is 2. The molecule has 2 aromatic rings. The highest BCUT2D eigenvalue weighted by atomic mass is 79.9. The summed E-state index contributed by atoms with van der Waals surface area (Å²) < 4.78 is 0.868. The van der Waals surface area contributed by atoms with Crippen molar-refractivity contribution in [2.24, 2.45) is 0 Å². The molecule has 0 saturated heterocycles. The smallest absolute Gasteiger partial charge is 0.204 e. The number of hydrogen-bond donors (Lipinski definition) is 0. The minimum atomic E-state index is 0.104. The van der Waals surface area contributed by atoms with Crippen LogP contribution in [0.15, 0.2) is 28.7 Å². The Balaban J connectivity index is 2.47. The Labute approximate surface area is 114 Å². The number of thiophene rings is 1. The Morgan fingerprint density at radius 2 is 1.88 bits per heavy atom. The molecule has 0 fully saturated rings. The number of carbonyl (C=O) groups excluding carboxylic acids is 1. The van der Waals surface area contributed by atoms with E-state index in [1.54, 1.807) is 11.3 Å². The summed E-state index contributed by atoms with van der Waals surface area (Å²) in [6.07, 6.45) is 0. The lowest BCUT2D eigenvalue weighted by molar-refractivity contribution is 0.104. The van der Waals surface area contributed by atoms with E-state index < -0.39 is 0 Å². The van der Waals surface area contributed by atoms with Gasteiger partial charge in [0.2, 0.25) is 5.78 Å². The zero-order valence-corrected chi connectivity index (χ0v) is 12.4. The van der Waals surface area contributed by atoms with Crippen molar-refractivity contribution in [1.82, 2.24) is 0 Å². The molecular weight excluding hydrogens is 296 g/mol. The molecule has 1 heterocycles. The highest BCUT2D eigenvalue weighted by Crippen LogP contribution is 2.27. The second kappa shape index (κ2) is 4.75. The van der Waals surface area contributed by atoms with Gasteiger partial charge >= 0.3 is 0 Å². The summed E-state index contributed by atoms with van der Waals surface area (Å²) in [5, 5.41) is 0. The van der Waals surface area contributed by atoms with E-state index in [4.69, 9.17) is 0 Å². The number of aryl methyl sites for hydroxylation is 3. The van der Waals surface area contributed by atoms with Crippen molar-refractivity contribution in [2.45, 2.75) is 20.8 Å². The molecule has 3 heteroatoms. The molecule has 0 spiro atoms. The Kier molecular flexibility index (Phi) is 3.50. The first-order valence-corrected chi connectivity index (χ1v) is 6.98. The topological polar surface area (TPSA) is 17.1 Å². The van der Waals surface area contributed by atoms with E-state index >= 15 is 0 Å². The molecule has 0 bridgehead atoms. The largest absolute Gasteiger partial charge is 0.288 e. The van der Waals surface area contributed by atoms with Gasteiger partial charge in [-0.1, -0.05) is 22.0 Å². The van der Waals surface area contributed by atoms with E-state index in [2.05, 4.69) is 22.0 Å². The summed E-state index contributed by atoms with van der Waals surface area (Å²) in [6.45, 7) is 6.02. The lowest BCUT2D eigenvalue weighted by Crippen LogP contribution is -2.01. The predicted octanol–water partition coefficient (Wildman–Crippen LogP) is 4.67. The minimum Gasteiger partial charge on any atom is -0.288 e. The maximum atomic E-state index is 12.4. The van der Waals surface area contributed by atoms with Crippen molar-refractivity contribution in [3.63, 3.8) is 0 Å². The second-order valence-electron chi connectivity index (χ2n) is 4.18. The van der Waals surface area contributed by atoms with Crippen molar-refractivity contribution >= 4 is 33.0 Å². The third-order valence-corrected chi connectivity index (χ3v) is 4.42. The summed E-state index contributed by atoms with van der Waals surface area (Å²) in [5.74, 6) is 0.104. The molecule has 1 aromatic heterocycles. The van der Waals surface area contributed by atoms with Gasteiger partial charge in [0.05, 0.1) is 4.88 Å². The molecule has 0 atom stereocenters. The molecule has 0 aliphatic rings. The molecule has 88 valence electrons. The average Bonchev–Trinajstić information content (AvgIpc) is 2.57. The number of carbonyl (C=O) groups is 1. The quantitative estimate of drug-likeness (QED) is 0.737. The van der Waals surface area contributed by atoms with Gasteiger partial charge in [0, 0.05) is 14.9 Å². The first-order chi connectivity index (χ1) is 7.99. The van der Waals surface area contributed by atoms with Gasteiger partial charge in [-0.3, -0.25) is 4.79 Å². The van der Waals surface area contributed by atoms with E-state index in [1.807, 2.05) is 39.0 Å². The van der Waals surface area contributed by atoms with Crippen LogP contribution >= 0.6 is 27.3 Å². The Morgan fingerprint density at radius 3 is 2.41 bits per heavy atom. The van der Waals surface area contributed by atoms with Gasteiger partial charge in [0.15, 0.2) is 0 Å². The van der Waals surface area contributed by atoms with Gasteiger partial charge in [-0.2, -0.15) is 0 Å². The zero-order chi connectivity index (χ0) is 12.6. The predicted molar refractivity (Wildman–Crippen MR) is 76.1 cm³/mol. The van der Waals surface area contributed by atoms with Crippen LogP contribution in [0.25, 0.3) is 0 Å². The van der Waals surface area contributed by atoms with Crippen molar-refractivity contribution in [3.05, 3.63) is 55.2 Å². The lowest BCUT2D eigenvalue weighted by Gasteiger charge is -2.04. The minimum absolute atomic E-state index is 0.104. The van der Waals surface area contributed by atoms with E-state index in [-0.39, 0.29) is 5.78 Å². The van der Waals surface area contributed by atoms with Crippen LogP contribution in [-0.2, 0) is 0 Å². The zero-order valence-electron chi connectivity index (χ0n) is 10.0. The van der Waals surface area contributed by atoms with Crippen molar-refractivity contribution < 1.29 is 4.79 Å². The summed E-state index contributed by atoms with van der Waals surface area (Å²) >= 11 is 5.02. The fourth-order valence-corrected chi connectivity index (χ4v) is 3.45. The summed E-state index contributed by atoms with van der Waals surface area (Å²) in [4.78, 5) is 14.4. The van der Waals surface area contributed by atoms with E-state index in [0.717, 1.165) is 26.0 Å². The molecule has 0 aliphatic heterocycles. The standard InChI is InChI=1S/C14H13BrOS/c1-8-4-5-11(12(15)6-8)13(16)14-9(2)7-10(3)17-14/h4-7H,1-3H3. The van der Waals surface area contributed by atoms with E-state index in [9.17, 15) is 4.79 Å². The highest BCUT2D eigenvalue weighted by molar-refractivity contribution is 9.10. The molecule has 0 radical (unpaired) electrons. The molecule has 2 rings (SSSR count). The average molecular weight is 309 g/mol. The fraction of sp³-hybridized carbons (Fsp3) is 0.214. The van der Waals surface area contributed by atoms with Gasteiger partial charge in [-0.05, 0) is 50.1 Å². The van der Waals surface area contributed by atoms with Crippen LogP contribution in [-0.4, -0.2) is 5.78 Å². The molecule has 1 nitrogen and oxygen atoms in total. The second-order valence-corrected chi connectivity index (χ2v) is 6.29. The first-order valence-electron chi connectivity index (χ1n) is 5.37. The third kappa shape index (κ3) is 2.50. The fourth-order valence-electron chi connectivity index (χ4n) is 1.79. The monoisotopic (exact) mass is 308 g/mol. The number of ketones is 1. The normalized spacial score (nSPS) is 10.6. The summed E-state index contributed by atoms with van der Waals surface area (Å²) in [7, 11) is 0. The van der Waals surface area contributed by atoms with Crippen LogP contribution in [0.4, 0.5) is 0 Å². The van der Waals surface area contributed by atoms with Crippen molar-refractivity contribution in [2.75, 3.05) is 0 Å². The highest BCUT2D eigenvalue weighted by Gasteiger charge is 2.16. The van der Waals surface area contributed by atoms with Crippen LogP contribution in [0, 0.1) is 20.8 Å². The molecule has 0 N–H and O–H groups in total. The molecule has 0 aliphatic carbocycles. The SMILES string of the molecule is Cc1ccc(C(=O)c2sc(C)cc2C)c(Br)c1. The maximum Gasteiger partial charge on any atom is 0.204 e. The first kappa shape index (κ1) is 12.5. The molecule has 0 saturated carbocycles. The van der Waals surface area contributed by atoms with Crippen LogP contribution in [0.5, 0.6) is 0 Å². The van der Waals surface area contributed by atoms with Gasteiger partial charge in [0.25, 0.3) is 0 Å². The van der Waals surface area contributed by atoms with Crippen LogP contribution in [0.3, 0.4) is 0 Å². The number of halogens is 1. The lowest BCUT2D eigenvalue weighted by atomic mass is 10.1. The van der Waals surface area contributed by atoms with Gasteiger partial charge < -0.3 is 0 Å². The van der Waals surface area contributed by atoms with E-state index in [1.165, 1.54) is 4.88 Å². The Morgan fingerprint density at radius 1 is 1.18 bits per heavy atom. The van der Waals surface area contributed by atoms with Crippen LogP contribution in [0.2, 0.25) is 0 Å². The number of benzene rings is 1. The number of hydrogen-bond acceptors (Lipinski definition) is 2. The van der Waals surface area contributed by atoms with Gasteiger partial charge in [-0.25, -0.2) is 0 Å². The van der Waals surface area contributed by atoms with Gasteiger partial charge in [0.1, 0.15) is 0 Å². The molecular formula is C14H13BrOS. The Hall–Kier alpha value is -0.930. The molecule has 1 aromatic carbocycles. The Bertz CT molecular complexity index is 584. The van der Waals surface area contributed by atoms with Crippen LogP contribution in [0.1, 0.15) is 31.2 Å². The van der Waals surface area contributed by atoms with Crippen molar-refractivity contribution in [1.29, 1.82) is 0 Å². The maximum absolute atomic E-state index is 12.4. The summed E-state index contributed by atoms with van der Waals surface area (Å²) in [5.41, 5.74) is 2.94. The molecule has 17 heavy (non-hydrogen) atoms. The third-order valence-electron chi connectivity index (χ3n) is 2.62.